The maximum atomic E-state index is 12.7. The minimum atomic E-state index is -1.24. The molecule has 0 aromatic carbocycles. The molecule has 198 valence electrons. The van der Waals surface area contributed by atoms with E-state index in [4.69, 9.17) is 15.9 Å². The molecule has 0 fully saturated rings. The molecule has 2 amide bonds. The number of carbonyl (C=O) groups is 4. The van der Waals surface area contributed by atoms with Crippen molar-refractivity contribution in [2.24, 2.45) is 5.73 Å². The third kappa shape index (κ3) is 8.64. The van der Waals surface area contributed by atoms with Crippen LogP contribution in [-0.4, -0.2) is 73.3 Å². The molecule has 0 aliphatic heterocycles. The first-order valence-electron chi connectivity index (χ1n) is 11.5. The molecule has 38 heavy (non-hydrogen) atoms. The average molecular weight is 539 g/mol. The van der Waals surface area contributed by atoms with Gasteiger partial charge < -0.3 is 26.6 Å². The van der Waals surface area contributed by atoms with Gasteiger partial charge in [-0.25, -0.2) is 4.98 Å². The number of carbonyl (C=O) groups excluding carboxylic acids is 2. The number of carboxylic acids is 2. The zero-order valence-corrected chi connectivity index (χ0v) is 20.9. The summed E-state index contributed by atoms with van der Waals surface area (Å²) in [4.78, 5) is 61.0. The molecule has 12 nitrogen and oxygen atoms in total. The molecule has 3 aromatic rings. The first-order chi connectivity index (χ1) is 18.2. The van der Waals surface area contributed by atoms with Crippen molar-refractivity contribution in [2.45, 2.75) is 29.8 Å². The van der Waals surface area contributed by atoms with Gasteiger partial charge in [0.2, 0.25) is 11.8 Å². The van der Waals surface area contributed by atoms with Gasteiger partial charge in [-0.15, -0.1) is 11.8 Å². The predicted molar refractivity (Wildman–Crippen MR) is 139 cm³/mol. The molecule has 0 saturated carbocycles. The van der Waals surface area contributed by atoms with Gasteiger partial charge in [0.1, 0.15) is 18.6 Å². The summed E-state index contributed by atoms with van der Waals surface area (Å²) in [7, 11) is 0. The number of aromatic nitrogens is 3. The van der Waals surface area contributed by atoms with Crippen molar-refractivity contribution >= 4 is 35.5 Å². The molecule has 0 bridgehead atoms. The Balaban J connectivity index is 1.82. The van der Waals surface area contributed by atoms with E-state index >= 15 is 0 Å². The van der Waals surface area contributed by atoms with Crippen molar-refractivity contribution in [3.05, 3.63) is 60.9 Å². The quantitative estimate of drug-likeness (QED) is 0.196. The molecule has 3 heterocycles. The summed E-state index contributed by atoms with van der Waals surface area (Å²) in [6.07, 6.45) is 2.95. The largest absolute Gasteiger partial charge is 0.480 e. The summed E-state index contributed by atoms with van der Waals surface area (Å²) in [6.45, 7) is -0.622. The molecule has 6 N–H and O–H groups in total. The van der Waals surface area contributed by atoms with Crippen LogP contribution in [0, 0.1) is 0 Å². The van der Waals surface area contributed by atoms with Crippen LogP contribution >= 0.6 is 11.8 Å². The number of nitrogens with zero attached hydrogens (tertiary/aromatic N) is 3. The second-order valence-electron chi connectivity index (χ2n) is 8.03. The molecular formula is C25H26N6O6S. The molecule has 0 saturated heterocycles. The van der Waals surface area contributed by atoms with Crippen LogP contribution in [-0.2, 0) is 19.2 Å². The lowest BCUT2D eigenvalue weighted by atomic mass is 10.1. The van der Waals surface area contributed by atoms with E-state index in [0.717, 1.165) is 0 Å². The monoisotopic (exact) mass is 538 g/mol. The van der Waals surface area contributed by atoms with Gasteiger partial charge in [-0.2, -0.15) is 0 Å². The predicted octanol–water partition coefficient (Wildman–Crippen LogP) is 1.18. The molecule has 3 aromatic heterocycles. The van der Waals surface area contributed by atoms with Gasteiger partial charge in [-0.1, -0.05) is 12.1 Å². The molecule has 13 heteroatoms. The molecule has 2 atom stereocenters. The number of amides is 2. The number of pyridine rings is 3. The molecule has 0 aliphatic rings. The van der Waals surface area contributed by atoms with Crippen LogP contribution in [0.3, 0.4) is 0 Å². The van der Waals surface area contributed by atoms with Crippen LogP contribution in [0.2, 0.25) is 0 Å². The van der Waals surface area contributed by atoms with Crippen LogP contribution in [0.25, 0.3) is 22.8 Å². The number of carboxylic acid groups (broad SMARTS) is 2. The average Bonchev–Trinajstić information content (AvgIpc) is 2.93. The van der Waals surface area contributed by atoms with E-state index in [2.05, 4.69) is 25.6 Å². The van der Waals surface area contributed by atoms with Gasteiger partial charge in [0.15, 0.2) is 0 Å². The number of rotatable bonds is 13. The van der Waals surface area contributed by atoms with E-state index in [9.17, 15) is 19.2 Å². The van der Waals surface area contributed by atoms with Gasteiger partial charge in [-0.05, 0) is 42.8 Å². The van der Waals surface area contributed by atoms with Crippen molar-refractivity contribution < 1.29 is 29.4 Å². The molecule has 0 aliphatic carbocycles. The third-order valence-electron chi connectivity index (χ3n) is 5.14. The molecule has 0 spiro atoms. The SMILES string of the molecule is N[C@@H](CCC(=O)N[C@@H](CSc1cc(-c2ccccn2)nc(-c2ccccn2)c1)C(=O)NCC(=O)O)C(=O)O. The van der Waals surface area contributed by atoms with Gasteiger partial charge in [0.05, 0.1) is 22.8 Å². The van der Waals surface area contributed by atoms with E-state index in [1.54, 1.807) is 36.7 Å². The first-order valence-corrected chi connectivity index (χ1v) is 12.5. The number of aliphatic carboxylic acids is 2. The highest BCUT2D eigenvalue weighted by Gasteiger charge is 2.23. The topological polar surface area (TPSA) is 197 Å². The van der Waals surface area contributed by atoms with Gasteiger partial charge in [-0.3, -0.25) is 29.1 Å². The highest BCUT2D eigenvalue weighted by atomic mass is 32.2. The Kier molecular flexibility index (Phi) is 10.3. The Morgan fingerprint density at radius 1 is 0.921 bits per heavy atom. The Bertz CT molecular complexity index is 1220. The summed E-state index contributed by atoms with van der Waals surface area (Å²) >= 11 is 1.24. The Labute approximate surface area is 222 Å². The number of hydrogen-bond acceptors (Lipinski definition) is 9. The fourth-order valence-corrected chi connectivity index (χ4v) is 4.19. The maximum absolute atomic E-state index is 12.7. The summed E-state index contributed by atoms with van der Waals surface area (Å²) in [5.74, 6) is -3.71. The highest BCUT2D eigenvalue weighted by molar-refractivity contribution is 7.99. The second kappa shape index (κ2) is 13.8. The fourth-order valence-electron chi connectivity index (χ4n) is 3.20. The lowest BCUT2D eigenvalue weighted by molar-refractivity contribution is -0.139. The molecule has 0 unspecified atom stereocenters. The first kappa shape index (κ1) is 28.2. The van der Waals surface area contributed by atoms with Gasteiger partial charge >= 0.3 is 11.9 Å². The highest BCUT2D eigenvalue weighted by Crippen LogP contribution is 2.28. The van der Waals surface area contributed by atoms with Crippen molar-refractivity contribution in [2.75, 3.05) is 12.3 Å². The Morgan fingerprint density at radius 2 is 1.53 bits per heavy atom. The van der Waals surface area contributed by atoms with E-state index in [0.29, 0.717) is 27.7 Å². The maximum Gasteiger partial charge on any atom is 0.322 e. The summed E-state index contributed by atoms with van der Waals surface area (Å²) in [5.41, 5.74) is 7.87. The van der Waals surface area contributed by atoms with E-state index < -0.39 is 42.4 Å². The second-order valence-corrected chi connectivity index (χ2v) is 9.12. The van der Waals surface area contributed by atoms with Crippen LogP contribution < -0.4 is 16.4 Å². The minimum absolute atomic E-state index is 0.0511. The minimum Gasteiger partial charge on any atom is -0.480 e. The Hall–Kier alpha value is -4.36. The van der Waals surface area contributed by atoms with Gasteiger partial charge in [0, 0.05) is 29.5 Å². The van der Waals surface area contributed by atoms with E-state index in [-0.39, 0.29) is 18.6 Å². The van der Waals surface area contributed by atoms with Crippen molar-refractivity contribution in [3.8, 4) is 22.8 Å². The van der Waals surface area contributed by atoms with Crippen molar-refractivity contribution in [1.82, 2.24) is 25.6 Å². The lowest BCUT2D eigenvalue weighted by Gasteiger charge is -2.18. The van der Waals surface area contributed by atoms with Crippen LogP contribution in [0.5, 0.6) is 0 Å². The zero-order chi connectivity index (χ0) is 27.5. The molecular weight excluding hydrogens is 512 g/mol. The van der Waals surface area contributed by atoms with E-state index in [1.165, 1.54) is 11.8 Å². The number of thioether (sulfide) groups is 1. The standard InChI is InChI=1S/C25H26N6O6S/c26-16(25(36)37)7-8-22(32)31-21(24(35)29-13-23(33)34)14-38-15-11-19(17-5-1-3-9-27-17)30-20(12-15)18-6-2-4-10-28-18/h1-6,9-12,16,21H,7-8,13-14,26H2,(H,29,35)(H,31,32)(H,33,34)(H,36,37)/t16-,21-/m0/s1. The summed E-state index contributed by atoms with van der Waals surface area (Å²) < 4.78 is 0. The lowest BCUT2D eigenvalue weighted by Crippen LogP contribution is -2.49. The van der Waals surface area contributed by atoms with E-state index in [1.807, 2.05) is 24.3 Å². The van der Waals surface area contributed by atoms with Gasteiger partial charge in [0.25, 0.3) is 0 Å². The van der Waals surface area contributed by atoms with Crippen LogP contribution in [0.4, 0.5) is 0 Å². The van der Waals surface area contributed by atoms with Crippen molar-refractivity contribution in [3.63, 3.8) is 0 Å². The zero-order valence-electron chi connectivity index (χ0n) is 20.1. The van der Waals surface area contributed by atoms with Crippen molar-refractivity contribution in [1.29, 1.82) is 0 Å². The smallest absolute Gasteiger partial charge is 0.322 e. The van der Waals surface area contributed by atoms with Crippen LogP contribution in [0.15, 0.2) is 65.8 Å². The number of hydrogen-bond donors (Lipinski definition) is 5. The molecule has 3 rings (SSSR count). The number of nitrogens with one attached hydrogen (secondary N) is 2. The third-order valence-corrected chi connectivity index (χ3v) is 6.20. The summed E-state index contributed by atoms with van der Waals surface area (Å²) in [6, 6.07) is 12.1. The fraction of sp³-hybridized carbons (Fsp3) is 0.240. The summed E-state index contributed by atoms with van der Waals surface area (Å²) in [5, 5.41) is 22.6. The normalized spacial score (nSPS) is 12.2. The molecule has 0 radical (unpaired) electrons. The number of nitrogens with two attached hydrogens (primary N) is 1. The van der Waals surface area contributed by atoms with Crippen LogP contribution in [0.1, 0.15) is 12.8 Å². The Morgan fingerprint density at radius 3 is 2.03 bits per heavy atom.